The van der Waals surface area contributed by atoms with Gasteiger partial charge in [0.05, 0.1) is 0 Å². The third-order valence-electron chi connectivity index (χ3n) is 0.248. The molecule has 1 N–H and O–H groups in total. The first-order valence-corrected chi connectivity index (χ1v) is 1.82. The second kappa shape index (κ2) is 9.15. The maximum absolute atomic E-state index is 9.31. The highest BCUT2D eigenvalue weighted by Gasteiger charge is 1.92. The van der Waals surface area contributed by atoms with E-state index < -0.39 is 0 Å². The van der Waals surface area contributed by atoms with E-state index in [0.29, 0.717) is 0 Å². The quantitative estimate of drug-likeness (QED) is 0.216. The molecule has 0 saturated carbocycles. The van der Waals surface area contributed by atoms with Gasteiger partial charge in [0.25, 0.3) is 0 Å². The summed E-state index contributed by atoms with van der Waals surface area (Å²) in [5, 5.41) is 30.3. The Hall–Kier alpha value is -0.850. The van der Waals surface area contributed by atoms with Gasteiger partial charge in [0.2, 0.25) is 0 Å². The molecule has 0 fully saturated rings. The Morgan fingerprint density at radius 3 is 2.00 bits per heavy atom. The van der Waals surface area contributed by atoms with Crippen molar-refractivity contribution >= 4 is 6.47 Å². The van der Waals surface area contributed by atoms with Crippen molar-refractivity contribution in [2.24, 2.45) is 0 Å². The molecule has 0 heterocycles. The molecule has 0 bridgehead atoms. The van der Waals surface area contributed by atoms with Gasteiger partial charge in [0, 0.05) is 20.2 Å². The molecule has 0 amide bonds. The van der Waals surface area contributed by atoms with Gasteiger partial charge in [-0.3, -0.25) is 9.68 Å². The molecule has 0 spiro atoms. The SMILES string of the molecule is O=COOOOOOOOO. The lowest BCUT2D eigenvalue weighted by atomic mass is 11.7. The van der Waals surface area contributed by atoms with Crippen molar-refractivity contribution < 1.29 is 50.2 Å². The summed E-state index contributed by atoms with van der Waals surface area (Å²) in [6, 6.07) is 0. The Labute approximate surface area is 58.0 Å². The summed E-state index contributed by atoms with van der Waals surface area (Å²) < 4.78 is 0. The Morgan fingerprint density at radius 2 is 1.45 bits per heavy atom. The van der Waals surface area contributed by atoms with Crippen LogP contribution in [0.15, 0.2) is 0 Å². The summed E-state index contributed by atoms with van der Waals surface area (Å²) in [4.78, 5) is 12.8. The Morgan fingerprint density at radius 1 is 0.909 bits per heavy atom. The van der Waals surface area contributed by atoms with Crippen molar-refractivity contribution in [3.63, 3.8) is 0 Å². The maximum atomic E-state index is 9.31. The normalized spacial score (nSPS) is 9.55. The molecule has 0 radical (unpaired) electrons. The van der Waals surface area contributed by atoms with Crippen LogP contribution in [-0.2, 0) is 45.0 Å². The van der Waals surface area contributed by atoms with Crippen molar-refractivity contribution in [2.75, 3.05) is 0 Å². The van der Waals surface area contributed by atoms with Crippen LogP contribution >= 0.6 is 0 Å². The zero-order valence-corrected chi connectivity index (χ0v) is 4.70. The van der Waals surface area contributed by atoms with Gasteiger partial charge in [0.15, 0.2) is 0 Å². The smallest absolute Gasteiger partial charge is 0.270 e. The van der Waals surface area contributed by atoms with Crippen molar-refractivity contribution in [3.8, 4) is 0 Å². The number of hydrogen-bond acceptors (Lipinski definition) is 10. The first kappa shape index (κ1) is 10.2. The van der Waals surface area contributed by atoms with Crippen LogP contribution in [0.3, 0.4) is 0 Å². The number of carbonyl (C=O) groups excluding carboxylic acids is 1. The molecule has 0 aliphatic carbocycles. The monoisotopic (exact) mass is 174 g/mol. The molecule has 0 aromatic rings. The minimum Gasteiger partial charge on any atom is -0.270 e. The van der Waals surface area contributed by atoms with E-state index in [0.717, 1.165) is 0 Å². The predicted octanol–water partition coefficient (Wildman–Crippen LogP) is -0.846. The van der Waals surface area contributed by atoms with Gasteiger partial charge < -0.3 is 0 Å². The maximum Gasteiger partial charge on any atom is 0.334 e. The lowest BCUT2D eigenvalue weighted by Gasteiger charge is -1.94. The summed E-state index contributed by atoms with van der Waals surface area (Å²) in [6.45, 7) is -0.0997. The van der Waals surface area contributed by atoms with Gasteiger partial charge in [-0.05, 0) is 15.1 Å². The van der Waals surface area contributed by atoms with E-state index in [2.05, 4.69) is 40.2 Å². The number of rotatable bonds is 8. The Kier molecular flexibility index (Phi) is 8.44. The molecule has 66 valence electrons. The largest absolute Gasteiger partial charge is 0.334 e. The van der Waals surface area contributed by atoms with Gasteiger partial charge >= 0.3 is 6.47 Å². The van der Waals surface area contributed by atoms with Crippen LogP contribution in [0.2, 0.25) is 0 Å². The molecule has 0 unspecified atom stereocenters. The van der Waals surface area contributed by atoms with Gasteiger partial charge in [-0.25, -0.2) is 5.26 Å². The summed E-state index contributed by atoms with van der Waals surface area (Å²) in [5.74, 6) is 0. The highest BCUT2D eigenvalue weighted by Crippen LogP contribution is 1.85. The Bertz CT molecular complexity index is 78.9. The molecular weight excluding hydrogens is 172 g/mol. The highest BCUT2D eigenvalue weighted by molar-refractivity contribution is 5.35. The zero-order chi connectivity index (χ0) is 8.36. The van der Waals surface area contributed by atoms with Crippen LogP contribution in [-0.4, -0.2) is 11.7 Å². The topological polar surface area (TPSA) is 111 Å². The summed E-state index contributed by atoms with van der Waals surface area (Å²) >= 11 is 0. The minimum atomic E-state index is -0.0997. The van der Waals surface area contributed by atoms with Gasteiger partial charge in [0.1, 0.15) is 0 Å². The van der Waals surface area contributed by atoms with Crippen molar-refractivity contribution in [3.05, 3.63) is 0 Å². The van der Waals surface area contributed by atoms with E-state index in [1.807, 2.05) is 0 Å². The van der Waals surface area contributed by atoms with Gasteiger partial charge in [-0.1, -0.05) is 0 Å². The van der Waals surface area contributed by atoms with Crippen LogP contribution in [0, 0.1) is 0 Å². The molecular formula is CH2O10. The van der Waals surface area contributed by atoms with Crippen LogP contribution in [0.4, 0.5) is 0 Å². The highest BCUT2D eigenvalue weighted by atomic mass is 17.9. The molecule has 0 aromatic heterocycles. The number of hydrogen-bond donors (Lipinski definition) is 1. The van der Waals surface area contributed by atoms with Crippen LogP contribution in [0.1, 0.15) is 0 Å². The fraction of sp³-hybridized carbons (Fsp3) is 0. The first-order valence-electron chi connectivity index (χ1n) is 1.82. The third kappa shape index (κ3) is 9.15. The second-order valence-electron chi connectivity index (χ2n) is 0.675. The minimum absolute atomic E-state index is 0.0997. The molecule has 0 aliphatic heterocycles. The van der Waals surface area contributed by atoms with Crippen molar-refractivity contribution in [1.29, 1.82) is 0 Å². The molecule has 10 nitrogen and oxygen atoms in total. The van der Waals surface area contributed by atoms with Gasteiger partial charge in [-0.2, -0.15) is 0 Å². The second-order valence-corrected chi connectivity index (χ2v) is 0.675. The molecule has 0 aliphatic rings. The average molecular weight is 174 g/mol. The average Bonchev–Trinajstić information content (AvgIpc) is 2.03. The molecule has 11 heavy (non-hydrogen) atoms. The lowest BCUT2D eigenvalue weighted by Crippen LogP contribution is -2.00. The molecule has 0 atom stereocenters. The summed E-state index contributed by atoms with van der Waals surface area (Å²) in [7, 11) is 0. The fourth-order valence-corrected chi connectivity index (χ4v) is 0.0899. The number of carbonyl (C=O) groups is 1. The van der Waals surface area contributed by atoms with Crippen LogP contribution < -0.4 is 0 Å². The van der Waals surface area contributed by atoms with Crippen molar-refractivity contribution in [1.82, 2.24) is 0 Å². The molecule has 0 saturated heterocycles. The predicted molar refractivity (Wildman–Crippen MR) is 17.4 cm³/mol. The zero-order valence-electron chi connectivity index (χ0n) is 4.70. The van der Waals surface area contributed by atoms with Crippen LogP contribution in [0.5, 0.6) is 0 Å². The van der Waals surface area contributed by atoms with Gasteiger partial charge in [-0.15, -0.1) is 0 Å². The summed E-state index contributed by atoms with van der Waals surface area (Å²) in [6.07, 6.45) is 0. The Balaban J connectivity index is 2.74. The van der Waals surface area contributed by atoms with E-state index in [4.69, 9.17) is 5.26 Å². The van der Waals surface area contributed by atoms with Crippen molar-refractivity contribution in [2.45, 2.75) is 0 Å². The van der Waals surface area contributed by atoms with E-state index in [-0.39, 0.29) is 6.47 Å². The fourth-order valence-electron chi connectivity index (χ4n) is 0.0899. The van der Waals surface area contributed by atoms with E-state index in [1.165, 1.54) is 0 Å². The standard InChI is InChI=1S/CH2O10/c2-1-4-6-8-10-11-9-7-5-3/h1,3H. The first-order chi connectivity index (χ1) is 5.41. The molecule has 0 aromatic carbocycles. The van der Waals surface area contributed by atoms with E-state index >= 15 is 0 Å². The molecule has 10 heteroatoms. The van der Waals surface area contributed by atoms with Crippen LogP contribution in [0.25, 0.3) is 0 Å². The lowest BCUT2D eigenvalue weighted by molar-refractivity contribution is -0.826. The third-order valence-corrected chi connectivity index (χ3v) is 0.248. The van der Waals surface area contributed by atoms with E-state index in [1.54, 1.807) is 0 Å². The van der Waals surface area contributed by atoms with E-state index in [9.17, 15) is 4.79 Å². The summed E-state index contributed by atoms with van der Waals surface area (Å²) in [5.41, 5.74) is 0. The molecule has 0 rings (SSSR count).